The normalized spacial score (nSPS) is 29.0. The van der Waals surface area contributed by atoms with E-state index in [0.29, 0.717) is 0 Å². The summed E-state index contributed by atoms with van der Waals surface area (Å²) >= 11 is 0. The first-order chi connectivity index (χ1) is 8.00. The summed E-state index contributed by atoms with van der Waals surface area (Å²) in [6, 6.07) is 0. The van der Waals surface area contributed by atoms with E-state index in [2.05, 4.69) is 36.5 Å². The first-order valence-corrected chi connectivity index (χ1v) is 5.65. The summed E-state index contributed by atoms with van der Waals surface area (Å²) in [4.78, 5) is 0. The van der Waals surface area contributed by atoms with Gasteiger partial charge in [-0.25, -0.2) is 0 Å². The van der Waals surface area contributed by atoms with Gasteiger partial charge in [-0.2, -0.15) is 0 Å². The van der Waals surface area contributed by atoms with Gasteiger partial charge < -0.3 is 0 Å². The average molecular weight is 210 g/mol. The summed E-state index contributed by atoms with van der Waals surface area (Å²) in [5, 5.41) is 0. The van der Waals surface area contributed by atoms with Gasteiger partial charge in [-0.05, 0) is 12.8 Å². The monoisotopic (exact) mass is 210 g/mol. The second kappa shape index (κ2) is 9.72. The predicted molar refractivity (Wildman–Crippen MR) is 73.2 cm³/mol. The topological polar surface area (TPSA) is 0 Å². The highest BCUT2D eigenvalue weighted by Crippen LogP contribution is 1.94. The molecule has 0 nitrogen and oxygen atoms in total. The third-order valence-electron chi connectivity index (χ3n) is 1.99. The van der Waals surface area contributed by atoms with E-state index in [1.165, 1.54) is 0 Å². The highest BCUT2D eigenvalue weighted by atomic mass is 13.8. The summed E-state index contributed by atoms with van der Waals surface area (Å²) in [5.41, 5.74) is 0. The van der Waals surface area contributed by atoms with Gasteiger partial charge in [0.15, 0.2) is 0 Å². The molecule has 82 valence electrons. The molecule has 0 radical (unpaired) electrons. The molecule has 1 aliphatic rings. The molecule has 0 saturated carbocycles. The van der Waals surface area contributed by atoms with Crippen molar-refractivity contribution in [3.05, 3.63) is 85.1 Å². The Hall–Kier alpha value is -1.82. The second-order valence-electron chi connectivity index (χ2n) is 3.36. The van der Waals surface area contributed by atoms with Crippen molar-refractivity contribution in [3.63, 3.8) is 0 Å². The fraction of sp³-hybridized carbons (Fsp3) is 0.125. The lowest BCUT2D eigenvalue weighted by molar-refractivity contribution is 1.05. The lowest BCUT2D eigenvalue weighted by Gasteiger charge is -1.84. The predicted octanol–water partition coefficient (Wildman–Crippen LogP) is 4.67. The molecule has 0 heterocycles. The van der Waals surface area contributed by atoms with Crippen molar-refractivity contribution < 1.29 is 0 Å². The molecule has 1 aliphatic carbocycles. The molecule has 0 spiro atoms. The van der Waals surface area contributed by atoms with Crippen LogP contribution in [0.4, 0.5) is 0 Å². The van der Waals surface area contributed by atoms with Crippen LogP contribution >= 0.6 is 0 Å². The maximum Gasteiger partial charge on any atom is -0.0313 e. The first-order valence-electron chi connectivity index (χ1n) is 5.65. The molecule has 0 atom stereocenters. The summed E-state index contributed by atoms with van der Waals surface area (Å²) < 4.78 is 0. The van der Waals surface area contributed by atoms with Crippen molar-refractivity contribution in [2.24, 2.45) is 0 Å². The lowest BCUT2D eigenvalue weighted by atomic mass is 10.2. The Labute approximate surface area is 98.4 Å². The van der Waals surface area contributed by atoms with Crippen molar-refractivity contribution in [3.8, 4) is 0 Å². The third kappa shape index (κ3) is 7.57. The average Bonchev–Trinajstić information content (AvgIpc) is 2.29. The Bertz CT molecular complexity index is 321. The fourth-order valence-corrected chi connectivity index (χ4v) is 1.18. The van der Waals surface area contributed by atoms with Gasteiger partial charge in [0, 0.05) is 0 Å². The summed E-state index contributed by atoms with van der Waals surface area (Å²) in [7, 11) is 0. The van der Waals surface area contributed by atoms with E-state index in [0.717, 1.165) is 12.8 Å². The van der Waals surface area contributed by atoms with Gasteiger partial charge >= 0.3 is 0 Å². The van der Waals surface area contributed by atoms with Gasteiger partial charge in [-0.15, -0.1) is 0 Å². The number of hydrogen-bond donors (Lipinski definition) is 0. The number of allylic oxidation sites excluding steroid dienone is 14. The Kier molecular flexibility index (Phi) is 7.45. The zero-order chi connectivity index (χ0) is 11.3. The van der Waals surface area contributed by atoms with Crippen molar-refractivity contribution in [2.45, 2.75) is 12.8 Å². The maximum absolute atomic E-state index is 2.18. The Morgan fingerprint density at radius 3 is 0.875 bits per heavy atom. The second-order valence-corrected chi connectivity index (χ2v) is 3.36. The molecular weight excluding hydrogens is 192 g/mol. The molecule has 0 aromatic carbocycles. The van der Waals surface area contributed by atoms with Crippen molar-refractivity contribution >= 4 is 0 Å². The summed E-state index contributed by atoms with van der Waals surface area (Å²) in [6.45, 7) is 0. The van der Waals surface area contributed by atoms with Crippen LogP contribution in [-0.4, -0.2) is 0 Å². The molecule has 0 unspecified atom stereocenters. The number of rotatable bonds is 0. The maximum atomic E-state index is 2.18. The van der Waals surface area contributed by atoms with Crippen LogP contribution in [0.3, 0.4) is 0 Å². The first kappa shape index (κ1) is 12.3. The molecular formula is C16H18. The molecule has 0 saturated heterocycles. The quantitative estimate of drug-likeness (QED) is 0.545. The standard InChI is InChI=1S/C16H18/c1-2-4-6-8-10-12-14-16-15-13-11-9-7-5-3-1/h1-14H,15-16H2/b2-1+,5-3-,6-4+,9-7+,10-8-,13-11?,14-12+. The van der Waals surface area contributed by atoms with Crippen molar-refractivity contribution in [1.29, 1.82) is 0 Å². The molecule has 0 fully saturated rings. The minimum Gasteiger partial charge on any atom is -0.0842 e. The van der Waals surface area contributed by atoms with E-state index in [9.17, 15) is 0 Å². The van der Waals surface area contributed by atoms with Crippen LogP contribution in [0.5, 0.6) is 0 Å². The van der Waals surface area contributed by atoms with E-state index < -0.39 is 0 Å². The highest BCUT2D eigenvalue weighted by Gasteiger charge is 1.74. The van der Waals surface area contributed by atoms with Crippen LogP contribution in [0.2, 0.25) is 0 Å². The van der Waals surface area contributed by atoms with E-state index >= 15 is 0 Å². The van der Waals surface area contributed by atoms with E-state index in [1.807, 2.05) is 48.6 Å². The molecule has 1 rings (SSSR count). The van der Waals surface area contributed by atoms with Crippen LogP contribution in [0.1, 0.15) is 12.8 Å². The zero-order valence-corrected chi connectivity index (χ0v) is 9.50. The van der Waals surface area contributed by atoms with Gasteiger partial charge in [0.2, 0.25) is 0 Å². The minimum atomic E-state index is 1.09. The van der Waals surface area contributed by atoms with E-state index in [1.54, 1.807) is 0 Å². The van der Waals surface area contributed by atoms with E-state index in [-0.39, 0.29) is 0 Å². The Morgan fingerprint density at radius 2 is 0.562 bits per heavy atom. The zero-order valence-electron chi connectivity index (χ0n) is 9.50. The minimum absolute atomic E-state index is 1.09. The largest absolute Gasteiger partial charge is 0.0842 e. The molecule has 0 aromatic heterocycles. The molecule has 0 bridgehead atoms. The van der Waals surface area contributed by atoms with E-state index in [4.69, 9.17) is 0 Å². The van der Waals surface area contributed by atoms with Crippen LogP contribution in [0.15, 0.2) is 85.1 Å². The Morgan fingerprint density at radius 1 is 0.312 bits per heavy atom. The lowest BCUT2D eigenvalue weighted by Crippen LogP contribution is -1.63. The molecule has 0 aliphatic heterocycles. The Balaban J connectivity index is 2.57. The summed E-state index contributed by atoms with van der Waals surface area (Å²) in [5.74, 6) is 0. The van der Waals surface area contributed by atoms with Gasteiger partial charge in [-0.1, -0.05) is 85.1 Å². The molecule has 0 amide bonds. The van der Waals surface area contributed by atoms with Crippen LogP contribution in [0.25, 0.3) is 0 Å². The smallest absolute Gasteiger partial charge is 0.0313 e. The van der Waals surface area contributed by atoms with Crippen LogP contribution in [-0.2, 0) is 0 Å². The van der Waals surface area contributed by atoms with Gasteiger partial charge in [0.1, 0.15) is 0 Å². The molecule has 0 heteroatoms. The fourth-order valence-electron chi connectivity index (χ4n) is 1.18. The highest BCUT2D eigenvalue weighted by molar-refractivity contribution is 5.20. The number of hydrogen-bond acceptors (Lipinski definition) is 0. The van der Waals surface area contributed by atoms with Crippen molar-refractivity contribution in [1.82, 2.24) is 0 Å². The molecule has 0 aromatic rings. The third-order valence-corrected chi connectivity index (χ3v) is 1.99. The SMILES string of the molecule is C1=CCC/C=C/C=C\C=C\C=C\C=C/C=C/1. The summed E-state index contributed by atoms with van der Waals surface area (Å²) in [6.07, 6.45) is 31.0. The molecule has 0 N–H and O–H groups in total. The van der Waals surface area contributed by atoms with Gasteiger partial charge in [0.25, 0.3) is 0 Å². The van der Waals surface area contributed by atoms with Crippen LogP contribution < -0.4 is 0 Å². The van der Waals surface area contributed by atoms with Gasteiger partial charge in [-0.3, -0.25) is 0 Å². The van der Waals surface area contributed by atoms with Crippen molar-refractivity contribution in [2.75, 3.05) is 0 Å². The molecule has 16 heavy (non-hydrogen) atoms. The van der Waals surface area contributed by atoms with Crippen LogP contribution in [0, 0.1) is 0 Å². The van der Waals surface area contributed by atoms with Gasteiger partial charge in [0.05, 0.1) is 0 Å².